The van der Waals surface area contributed by atoms with Gasteiger partial charge >= 0.3 is 0 Å². The quantitative estimate of drug-likeness (QED) is 0.548. The summed E-state index contributed by atoms with van der Waals surface area (Å²) in [7, 11) is 1.89. The fraction of sp³-hybridized carbons (Fsp3) is 0.524. The SMILES string of the molecule is Cc1ccc(C(N)=O)cc1N(C)c1nc(NC2CCCC2)nc(N[C@H]2CCNC2)n1. The molecule has 0 spiro atoms. The number of nitrogens with two attached hydrogens (primary N) is 1. The number of nitrogens with one attached hydrogen (secondary N) is 3. The maximum absolute atomic E-state index is 11.7. The van der Waals surface area contributed by atoms with E-state index in [4.69, 9.17) is 5.73 Å². The Bertz CT molecular complexity index is 870. The summed E-state index contributed by atoms with van der Waals surface area (Å²) in [5.41, 5.74) is 7.77. The molecule has 2 heterocycles. The number of aryl methyl sites for hydroxylation is 1. The number of anilines is 4. The van der Waals surface area contributed by atoms with Crippen LogP contribution in [-0.2, 0) is 0 Å². The Labute approximate surface area is 176 Å². The highest BCUT2D eigenvalue weighted by Gasteiger charge is 2.21. The number of aromatic nitrogens is 3. The highest BCUT2D eigenvalue weighted by molar-refractivity contribution is 5.94. The molecule has 0 bridgehead atoms. The number of amides is 1. The van der Waals surface area contributed by atoms with Crippen molar-refractivity contribution in [2.75, 3.05) is 35.7 Å². The van der Waals surface area contributed by atoms with E-state index in [1.54, 1.807) is 12.1 Å². The van der Waals surface area contributed by atoms with Crippen LogP contribution in [0, 0.1) is 6.92 Å². The molecule has 1 atom stereocenters. The van der Waals surface area contributed by atoms with E-state index >= 15 is 0 Å². The minimum Gasteiger partial charge on any atom is -0.366 e. The van der Waals surface area contributed by atoms with Gasteiger partial charge in [-0.2, -0.15) is 15.0 Å². The highest BCUT2D eigenvalue weighted by atomic mass is 16.1. The van der Waals surface area contributed by atoms with Crippen LogP contribution in [-0.4, -0.2) is 53.1 Å². The molecule has 9 heteroatoms. The summed E-state index contributed by atoms with van der Waals surface area (Å²) in [6, 6.07) is 6.08. The van der Waals surface area contributed by atoms with Gasteiger partial charge in [0.05, 0.1) is 0 Å². The first-order valence-corrected chi connectivity index (χ1v) is 10.6. The lowest BCUT2D eigenvalue weighted by Gasteiger charge is -2.22. The zero-order valence-corrected chi connectivity index (χ0v) is 17.6. The zero-order chi connectivity index (χ0) is 21.1. The first kappa shape index (κ1) is 20.3. The van der Waals surface area contributed by atoms with Crippen LogP contribution >= 0.6 is 0 Å². The van der Waals surface area contributed by atoms with Crippen molar-refractivity contribution >= 4 is 29.4 Å². The molecule has 2 aliphatic rings. The highest BCUT2D eigenvalue weighted by Crippen LogP contribution is 2.28. The van der Waals surface area contributed by atoms with E-state index in [1.165, 1.54) is 12.8 Å². The lowest BCUT2D eigenvalue weighted by Crippen LogP contribution is -2.26. The number of carbonyl (C=O) groups is 1. The molecular formula is C21H30N8O. The largest absolute Gasteiger partial charge is 0.366 e. The van der Waals surface area contributed by atoms with Crippen LogP contribution in [0.4, 0.5) is 23.5 Å². The Morgan fingerprint density at radius 1 is 1.10 bits per heavy atom. The van der Waals surface area contributed by atoms with E-state index in [-0.39, 0.29) is 0 Å². The van der Waals surface area contributed by atoms with Crippen LogP contribution in [0.3, 0.4) is 0 Å². The van der Waals surface area contributed by atoms with Crippen LogP contribution in [0.25, 0.3) is 0 Å². The molecule has 1 aliphatic carbocycles. The molecular weight excluding hydrogens is 380 g/mol. The van der Waals surface area contributed by atoms with Crippen molar-refractivity contribution in [2.24, 2.45) is 5.73 Å². The maximum atomic E-state index is 11.7. The maximum Gasteiger partial charge on any atom is 0.248 e. The summed E-state index contributed by atoms with van der Waals surface area (Å²) >= 11 is 0. The van der Waals surface area contributed by atoms with Crippen LogP contribution in [0.5, 0.6) is 0 Å². The predicted molar refractivity (Wildman–Crippen MR) is 118 cm³/mol. The molecule has 2 fully saturated rings. The number of carbonyl (C=O) groups excluding carboxylic acids is 1. The second kappa shape index (κ2) is 8.83. The third kappa shape index (κ3) is 4.62. The van der Waals surface area contributed by atoms with Crippen molar-refractivity contribution in [1.29, 1.82) is 0 Å². The van der Waals surface area contributed by atoms with Gasteiger partial charge in [-0.3, -0.25) is 4.79 Å². The minimum atomic E-state index is -0.458. The summed E-state index contributed by atoms with van der Waals surface area (Å²) < 4.78 is 0. The molecule has 1 saturated heterocycles. The first-order valence-electron chi connectivity index (χ1n) is 10.6. The second-order valence-corrected chi connectivity index (χ2v) is 8.17. The Balaban J connectivity index is 1.66. The summed E-state index contributed by atoms with van der Waals surface area (Å²) in [5.74, 6) is 1.20. The zero-order valence-electron chi connectivity index (χ0n) is 17.6. The van der Waals surface area contributed by atoms with Crippen LogP contribution in [0.2, 0.25) is 0 Å². The molecule has 1 aromatic heterocycles. The number of benzene rings is 1. The lowest BCUT2D eigenvalue weighted by molar-refractivity contribution is 0.100. The average Bonchev–Trinajstić information content (AvgIpc) is 3.42. The van der Waals surface area contributed by atoms with E-state index in [1.807, 2.05) is 24.9 Å². The number of nitrogens with zero attached hydrogens (tertiary/aromatic N) is 4. The third-order valence-corrected chi connectivity index (χ3v) is 5.86. The summed E-state index contributed by atoms with van der Waals surface area (Å²) in [4.78, 5) is 27.5. The number of rotatable bonds is 7. The molecule has 4 rings (SSSR count). The monoisotopic (exact) mass is 410 g/mol. The average molecular weight is 411 g/mol. The fourth-order valence-corrected chi connectivity index (χ4v) is 4.09. The summed E-state index contributed by atoms with van der Waals surface area (Å²) in [6.07, 6.45) is 5.75. The van der Waals surface area contributed by atoms with Gasteiger partial charge in [0.1, 0.15) is 0 Å². The Morgan fingerprint density at radius 3 is 2.43 bits per heavy atom. The van der Waals surface area contributed by atoms with Gasteiger partial charge in [0.25, 0.3) is 0 Å². The Morgan fingerprint density at radius 2 is 1.80 bits per heavy atom. The normalized spacial score (nSPS) is 19.1. The van der Waals surface area contributed by atoms with Gasteiger partial charge < -0.3 is 26.6 Å². The van der Waals surface area contributed by atoms with E-state index in [0.717, 1.165) is 43.6 Å². The van der Waals surface area contributed by atoms with E-state index < -0.39 is 5.91 Å². The molecule has 1 saturated carbocycles. The molecule has 0 radical (unpaired) electrons. The molecule has 1 aliphatic heterocycles. The van der Waals surface area contributed by atoms with Crippen LogP contribution in [0.15, 0.2) is 18.2 Å². The van der Waals surface area contributed by atoms with Gasteiger partial charge in [-0.1, -0.05) is 18.9 Å². The van der Waals surface area contributed by atoms with Crippen LogP contribution < -0.4 is 26.6 Å². The number of hydrogen-bond acceptors (Lipinski definition) is 8. The van der Waals surface area contributed by atoms with Gasteiger partial charge in [0, 0.05) is 36.9 Å². The molecule has 2 aromatic rings. The Hall–Kier alpha value is -2.94. The van der Waals surface area contributed by atoms with E-state index in [2.05, 4.69) is 30.9 Å². The van der Waals surface area contributed by atoms with Gasteiger partial charge in [-0.25, -0.2) is 0 Å². The molecule has 1 amide bonds. The molecule has 9 nitrogen and oxygen atoms in total. The van der Waals surface area contributed by atoms with Crippen molar-refractivity contribution in [3.63, 3.8) is 0 Å². The number of hydrogen-bond donors (Lipinski definition) is 4. The van der Waals surface area contributed by atoms with E-state index in [9.17, 15) is 4.79 Å². The van der Waals surface area contributed by atoms with Crippen LogP contribution in [0.1, 0.15) is 48.0 Å². The summed E-state index contributed by atoms with van der Waals surface area (Å²) in [5, 5.41) is 10.3. The molecule has 160 valence electrons. The van der Waals surface area contributed by atoms with Crippen molar-refractivity contribution in [3.05, 3.63) is 29.3 Å². The standard InChI is InChI=1S/C21H30N8O/c1-13-7-8-14(18(22)30)11-17(13)29(2)21-27-19(24-15-5-3-4-6-15)26-20(28-21)25-16-9-10-23-12-16/h7-8,11,15-16,23H,3-6,9-10,12H2,1-2H3,(H2,22,30)(H2,24,25,26,27,28)/t16-/m0/s1. The lowest BCUT2D eigenvalue weighted by atomic mass is 10.1. The fourth-order valence-electron chi connectivity index (χ4n) is 4.09. The number of primary amides is 1. The Kier molecular flexibility index (Phi) is 5.98. The van der Waals surface area contributed by atoms with Gasteiger partial charge in [0.2, 0.25) is 23.8 Å². The molecule has 0 unspecified atom stereocenters. The topological polar surface area (TPSA) is 121 Å². The van der Waals surface area contributed by atoms with Crippen molar-refractivity contribution in [3.8, 4) is 0 Å². The second-order valence-electron chi connectivity index (χ2n) is 8.17. The van der Waals surface area contributed by atoms with Crippen molar-refractivity contribution < 1.29 is 4.79 Å². The minimum absolute atomic E-state index is 0.296. The third-order valence-electron chi connectivity index (χ3n) is 5.86. The molecule has 1 aromatic carbocycles. The smallest absolute Gasteiger partial charge is 0.248 e. The van der Waals surface area contributed by atoms with Crippen molar-refractivity contribution in [1.82, 2.24) is 20.3 Å². The first-order chi connectivity index (χ1) is 14.5. The summed E-state index contributed by atoms with van der Waals surface area (Å²) in [6.45, 7) is 3.86. The molecule has 5 N–H and O–H groups in total. The van der Waals surface area contributed by atoms with Crippen molar-refractivity contribution in [2.45, 2.75) is 51.1 Å². The molecule has 30 heavy (non-hydrogen) atoms. The van der Waals surface area contributed by atoms with Gasteiger partial charge in [0.15, 0.2) is 0 Å². The van der Waals surface area contributed by atoms with Gasteiger partial charge in [-0.05, 0) is 50.4 Å². The predicted octanol–water partition coefficient (Wildman–Crippen LogP) is 2.18. The van der Waals surface area contributed by atoms with Gasteiger partial charge in [-0.15, -0.1) is 0 Å². The van der Waals surface area contributed by atoms with E-state index in [0.29, 0.717) is 35.5 Å².